The number of nitrogens with zero attached hydrogens (tertiary/aromatic N) is 3. The van der Waals surface area contributed by atoms with E-state index in [1.54, 1.807) is 18.3 Å². The van der Waals surface area contributed by atoms with Crippen molar-refractivity contribution in [1.82, 2.24) is 15.0 Å². The summed E-state index contributed by atoms with van der Waals surface area (Å²) in [7, 11) is 0. The van der Waals surface area contributed by atoms with Crippen LogP contribution in [0.4, 0.5) is 11.6 Å². The molecule has 6 nitrogen and oxygen atoms in total. The second-order valence-electron chi connectivity index (χ2n) is 7.65. The maximum Gasteiger partial charge on any atom is 0.227 e. The zero-order chi connectivity index (χ0) is 26.2. The van der Waals surface area contributed by atoms with Gasteiger partial charge in [-0.05, 0) is 37.6 Å². The van der Waals surface area contributed by atoms with Gasteiger partial charge in [-0.15, -0.1) is 0 Å². The Morgan fingerprint density at radius 3 is 2.40 bits per heavy atom. The van der Waals surface area contributed by atoms with E-state index in [9.17, 15) is 4.79 Å². The molecule has 0 spiro atoms. The maximum absolute atomic E-state index is 11.6. The number of benzene rings is 1. The van der Waals surface area contributed by atoms with Gasteiger partial charge in [-0.25, -0.2) is 9.97 Å². The van der Waals surface area contributed by atoms with Gasteiger partial charge in [0, 0.05) is 30.4 Å². The van der Waals surface area contributed by atoms with Crippen molar-refractivity contribution in [1.29, 1.82) is 0 Å². The van der Waals surface area contributed by atoms with Gasteiger partial charge < -0.3 is 10.3 Å². The highest BCUT2D eigenvalue weighted by molar-refractivity contribution is 6.35. The normalized spacial score (nSPS) is 11.0. The van der Waals surface area contributed by atoms with Gasteiger partial charge in [0.15, 0.2) is 5.78 Å². The number of aromatic amines is 1. The zero-order valence-electron chi connectivity index (χ0n) is 22.2. The summed E-state index contributed by atoms with van der Waals surface area (Å²) in [6.45, 7) is 13.9. The topological polar surface area (TPSA) is 83.0 Å². The number of carbonyl (C=O) groups is 1. The molecule has 0 aliphatic rings. The molecule has 0 aliphatic carbocycles. The second kappa shape index (κ2) is 16.6. The van der Waals surface area contributed by atoms with Crippen LogP contribution in [0.1, 0.15) is 96.8 Å². The highest BCUT2D eigenvalue weighted by Crippen LogP contribution is 2.29. The van der Waals surface area contributed by atoms with Crippen molar-refractivity contribution in [2.45, 2.75) is 80.6 Å². The number of aromatic nitrogens is 3. The van der Waals surface area contributed by atoms with Crippen LogP contribution < -0.4 is 5.32 Å². The highest BCUT2D eigenvalue weighted by atomic mass is 35.5. The van der Waals surface area contributed by atoms with Gasteiger partial charge >= 0.3 is 0 Å². The third-order valence-electron chi connectivity index (χ3n) is 4.88. The predicted octanol–water partition coefficient (Wildman–Crippen LogP) is 9.01. The fourth-order valence-electron chi connectivity index (χ4n) is 3.13. The van der Waals surface area contributed by atoms with Crippen LogP contribution in [0.5, 0.6) is 0 Å². The number of halogens is 1. The van der Waals surface area contributed by atoms with Gasteiger partial charge in [-0.3, -0.25) is 9.79 Å². The number of carbonyl (C=O) groups excluding carboxylic acids is 1. The number of fused-ring (bicyclic) bond motifs is 1. The lowest BCUT2D eigenvalue weighted by molar-refractivity contribution is 0.101. The molecule has 2 heterocycles. The molecule has 7 heteroatoms. The standard InChI is InChI=1S/C20H20ClN5O.C6H14.C2H6/c1-4-7-22-16(5-2)17-6-8-23-20(26-17)24-14-9-13-10-18(12(3)27)25-19(13)15(21)11-14;1-3-5-6-4-2;1-2/h5-11,25H,4H2,1-3H3,(H,23,24,26);3-6H2,1-2H3;1-2H3/b16-5-,22-7?;;. The number of hydrogen-bond acceptors (Lipinski definition) is 5. The summed E-state index contributed by atoms with van der Waals surface area (Å²) in [4.78, 5) is 27.8. The van der Waals surface area contributed by atoms with Crippen molar-refractivity contribution < 1.29 is 4.79 Å². The first kappa shape index (κ1) is 30.0. The largest absolute Gasteiger partial charge is 0.351 e. The number of allylic oxidation sites excluding steroid dienone is 1. The van der Waals surface area contributed by atoms with Crippen molar-refractivity contribution in [3.05, 3.63) is 52.9 Å². The van der Waals surface area contributed by atoms with Crippen molar-refractivity contribution in [2.24, 2.45) is 4.99 Å². The molecule has 0 saturated carbocycles. The molecule has 3 aromatic rings. The average Bonchev–Trinajstić information content (AvgIpc) is 3.30. The first-order valence-electron chi connectivity index (χ1n) is 12.6. The molecular formula is C28H40ClN5O. The molecule has 3 rings (SSSR count). The number of hydrogen-bond donors (Lipinski definition) is 2. The lowest BCUT2D eigenvalue weighted by atomic mass is 10.2. The Bertz CT molecular complexity index is 1110. The van der Waals surface area contributed by atoms with Gasteiger partial charge in [0.25, 0.3) is 0 Å². The molecule has 2 aromatic heterocycles. The van der Waals surface area contributed by atoms with Crippen LogP contribution in [0.15, 0.2) is 41.5 Å². The van der Waals surface area contributed by atoms with E-state index in [0.717, 1.165) is 34.4 Å². The predicted molar refractivity (Wildman–Crippen MR) is 152 cm³/mol. The highest BCUT2D eigenvalue weighted by Gasteiger charge is 2.10. The summed E-state index contributed by atoms with van der Waals surface area (Å²) in [5, 5.41) is 4.52. The van der Waals surface area contributed by atoms with Gasteiger partial charge in [-0.2, -0.15) is 0 Å². The van der Waals surface area contributed by atoms with E-state index >= 15 is 0 Å². The second-order valence-corrected chi connectivity index (χ2v) is 8.06. The molecule has 35 heavy (non-hydrogen) atoms. The Morgan fingerprint density at radius 2 is 1.83 bits per heavy atom. The number of Topliss-reactive ketones (excluding diaryl/α,β-unsaturated/α-hetero) is 1. The molecule has 0 radical (unpaired) electrons. The van der Waals surface area contributed by atoms with Gasteiger partial charge in [0.1, 0.15) is 0 Å². The van der Waals surface area contributed by atoms with Crippen LogP contribution in [0, 0.1) is 0 Å². The first-order valence-corrected chi connectivity index (χ1v) is 12.9. The summed E-state index contributed by atoms with van der Waals surface area (Å²) >= 11 is 6.36. The fraction of sp³-hybridized carbons (Fsp3) is 0.429. The van der Waals surface area contributed by atoms with Crippen molar-refractivity contribution in [2.75, 3.05) is 5.32 Å². The third-order valence-corrected chi connectivity index (χ3v) is 5.18. The quantitative estimate of drug-likeness (QED) is 0.175. The van der Waals surface area contributed by atoms with E-state index in [1.807, 2.05) is 52.1 Å². The average molecular weight is 498 g/mol. The molecule has 0 amide bonds. The van der Waals surface area contributed by atoms with Crippen molar-refractivity contribution >= 4 is 51.8 Å². The Balaban J connectivity index is 0.000000670. The van der Waals surface area contributed by atoms with Crippen molar-refractivity contribution in [3.63, 3.8) is 0 Å². The van der Waals surface area contributed by atoms with Gasteiger partial charge in [0.2, 0.25) is 5.95 Å². The Morgan fingerprint density at radius 1 is 1.14 bits per heavy atom. The molecule has 0 saturated heterocycles. The van der Waals surface area contributed by atoms with Crippen LogP contribution in [0.25, 0.3) is 16.6 Å². The summed E-state index contributed by atoms with van der Waals surface area (Å²) in [5.41, 5.74) is 3.50. The SMILES string of the molecule is C/C=C(\N=CCC)c1ccnc(Nc2cc(Cl)c3[nH]c(C(C)=O)cc3c2)n1.CC.CCCCCC. The van der Waals surface area contributed by atoms with Crippen LogP contribution >= 0.6 is 11.6 Å². The molecular weight excluding hydrogens is 458 g/mol. The summed E-state index contributed by atoms with van der Waals surface area (Å²) in [6, 6.07) is 7.26. The molecule has 190 valence electrons. The van der Waals surface area contributed by atoms with E-state index < -0.39 is 0 Å². The molecule has 0 bridgehead atoms. The van der Waals surface area contributed by atoms with E-state index in [1.165, 1.54) is 32.6 Å². The minimum atomic E-state index is -0.0423. The van der Waals surface area contributed by atoms with E-state index in [2.05, 4.69) is 39.1 Å². The number of nitrogens with one attached hydrogen (secondary N) is 2. The van der Waals surface area contributed by atoms with Gasteiger partial charge in [-0.1, -0.05) is 78.0 Å². The minimum absolute atomic E-state index is 0.0423. The summed E-state index contributed by atoms with van der Waals surface area (Å²) < 4.78 is 0. The Hall–Kier alpha value is -2.99. The maximum atomic E-state index is 11.6. The van der Waals surface area contributed by atoms with Crippen LogP contribution in [-0.4, -0.2) is 26.9 Å². The summed E-state index contributed by atoms with van der Waals surface area (Å²) in [5.74, 6) is 0.399. The van der Waals surface area contributed by atoms with E-state index in [-0.39, 0.29) is 5.78 Å². The molecule has 2 N–H and O–H groups in total. The number of anilines is 2. The first-order chi connectivity index (χ1) is 16.9. The smallest absolute Gasteiger partial charge is 0.227 e. The summed E-state index contributed by atoms with van der Waals surface area (Å²) in [6.07, 6.45) is 11.8. The Labute approximate surface area is 215 Å². The number of aliphatic imine (C=N–C) groups is 1. The Kier molecular flexibility index (Phi) is 14.3. The zero-order valence-corrected chi connectivity index (χ0v) is 23.0. The third kappa shape index (κ3) is 9.65. The lowest BCUT2D eigenvalue weighted by Gasteiger charge is -2.08. The monoisotopic (exact) mass is 497 g/mol. The minimum Gasteiger partial charge on any atom is -0.351 e. The van der Waals surface area contributed by atoms with Gasteiger partial charge in [0.05, 0.1) is 27.6 Å². The van der Waals surface area contributed by atoms with E-state index in [4.69, 9.17) is 11.6 Å². The molecule has 0 fully saturated rings. The van der Waals surface area contributed by atoms with Crippen LogP contribution in [0.2, 0.25) is 5.02 Å². The number of ketones is 1. The molecule has 0 atom stereocenters. The molecule has 0 aliphatic heterocycles. The van der Waals surface area contributed by atoms with Crippen molar-refractivity contribution in [3.8, 4) is 0 Å². The van der Waals surface area contributed by atoms with Crippen LogP contribution in [-0.2, 0) is 0 Å². The number of rotatable bonds is 9. The fourth-order valence-corrected chi connectivity index (χ4v) is 3.40. The number of unbranched alkanes of at least 4 members (excludes halogenated alkanes) is 3. The molecule has 0 unspecified atom stereocenters. The van der Waals surface area contributed by atoms with E-state index in [0.29, 0.717) is 16.7 Å². The van der Waals surface area contributed by atoms with Crippen LogP contribution in [0.3, 0.4) is 0 Å². The number of H-pyrrole nitrogens is 1. The molecule has 1 aromatic carbocycles. The lowest BCUT2D eigenvalue weighted by Crippen LogP contribution is -1.99.